The van der Waals surface area contributed by atoms with Gasteiger partial charge in [-0.2, -0.15) is 4.98 Å². The molecular formula is C7H5N5O. The molecule has 0 aromatic carbocycles. The molecule has 0 unspecified atom stereocenters. The molecule has 0 radical (unpaired) electrons. The van der Waals surface area contributed by atoms with E-state index in [1.54, 1.807) is 23.0 Å². The summed E-state index contributed by atoms with van der Waals surface area (Å²) in [6.07, 6.45) is 5.19. The van der Waals surface area contributed by atoms with Crippen LogP contribution in [-0.4, -0.2) is 24.3 Å². The van der Waals surface area contributed by atoms with Gasteiger partial charge in [0.2, 0.25) is 5.78 Å². The Morgan fingerprint density at radius 2 is 2.31 bits per heavy atom. The molecule has 3 rings (SSSR count). The first kappa shape index (κ1) is 6.41. The number of nitrogens with one attached hydrogen (secondary N) is 2. The van der Waals surface area contributed by atoms with E-state index in [0.29, 0.717) is 16.9 Å². The van der Waals surface area contributed by atoms with Gasteiger partial charge in [-0.3, -0.25) is 9.38 Å². The molecule has 13 heavy (non-hydrogen) atoms. The Labute approximate surface area is 71.3 Å². The zero-order chi connectivity index (χ0) is 8.84. The summed E-state index contributed by atoms with van der Waals surface area (Å²) in [5.74, 6) is 0.572. The van der Waals surface area contributed by atoms with E-state index in [-0.39, 0.29) is 5.69 Å². The number of imidazole rings is 2. The fraction of sp³-hybridized carbons (Fsp3) is 0. The molecule has 64 valence electrons. The van der Waals surface area contributed by atoms with Gasteiger partial charge in [-0.05, 0) is 0 Å². The summed E-state index contributed by atoms with van der Waals surface area (Å²) in [5.41, 5.74) is 0.954. The van der Waals surface area contributed by atoms with E-state index in [1.165, 1.54) is 0 Å². The van der Waals surface area contributed by atoms with Crippen LogP contribution in [-0.2, 0) is 0 Å². The van der Waals surface area contributed by atoms with E-state index < -0.39 is 0 Å². The first-order valence-electron chi connectivity index (χ1n) is 3.75. The zero-order valence-corrected chi connectivity index (χ0v) is 6.48. The normalized spacial score (nSPS) is 11.4. The van der Waals surface area contributed by atoms with Crippen LogP contribution >= 0.6 is 0 Å². The summed E-state index contributed by atoms with van der Waals surface area (Å²) in [7, 11) is 0. The van der Waals surface area contributed by atoms with Gasteiger partial charge in [0.05, 0.1) is 0 Å². The van der Waals surface area contributed by atoms with Crippen LogP contribution in [0.3, 0.4) is 0 Å². The summed E-state index contributed by atoms with van der Waals surface area (Å²) in [6.45, 7) is 0. The van der Waals surface area contributed by atoms with E-state index >= 15 is 0 Å². The first-order chi connectivity index (χ1) is 6.33. The predicted octanol–water partition coefficient (Wildman–Crippen LogP) is -0.101. The van der Waals surface area contributed by atoms with Crippen LogP contribution in [0.2, 0.25) is 0 Å². The Morgan fingerprint density at radius 1 is 1.38 bits per heavy atom. The van der Waals surface area contributed by atoms with Gasteiger partial charge in [0.1, 0.15) is 5.52 Å². The third-order valence-electron chi connectivity index (χ3n) is 1.86. The van der Waals surface area contributed by atoms with E-state index in [0.717, 1.165) is 0 Å². The van der Waals surface area contributed by atoms with Gasteiger partial charge in [-0.1, -0.05) is 0 Å². The minimum atomic E-state index is -0.254. The van der Waals surface area contributed by atoms with E-state index in [4.69, 9.17) is 0 Å². The maximum atomic E-state index is 10.9. The van der Waals surface area contributed by atoms with Crippen molar-refractivity contribution in [1.29, 1.82) is 0 Å². The highest BCUT2D eigenvalue weighted by Crippen LogP contribution is 2.04. The number of aromatic nitrogens is 5. The van der Waals surface area contributed by atoms with Crippen molar-refractivity contribution >= 4 is 16.9 Å². The van der Waals surface area contributed by atoms with Crippen molar-refractivity contribution < 1.29 is 0 Å². The largest absolute Gasteiger partial charge is 0.325 e. The molecule has 3 heterocycles. The van der Waals surface area contributed by atoms with Crippen molar-refractivity contribution in [3.63, 3.8) is 0 Å². The van der Waals surface area contributed by atoms with E-state index in [9.17, 15) is 4.79 Å². The summed E-state index contributed by atoms with van der Waals surface area (Å²) in [6, 6.07) is 0. The van der Waals surface area contributed by atoms with Crippen LogP contribution in [0.1, 0.15) is 0 Å². The van der Waals surface area contributed by atoms with Crippen LogP contribution in [0.5, 0.6) is 0 Å². The predicted molar refractivity (Wildman–Crippen MR) is 45.5 cm³/mol. The molecule has 0 saturated heterocycles. The van der Waals surface area contributed by atoms with Crippen molar-refractivity contribution in [3.05, 3.63) is 29.1 Å². The standard InChI is InChI=1S/C7H5N5O/c13-7-9-4-3-12-2-1-8-6(12)10-5(4)11-7/h1-3H,(H2,8,9,10,11,13). The number of rotatable bonds is 0. The summed E-state index contributed by atoms with van der Waals surface area (Å²) in [5, 5.41) is 0. The molecule has 0 spiro atoms. The van der Waals surface area contributed by atoms with Crippen molar-refractivity contribution in [2.45, 2.75) is 0 Å². The highest BCUT2D eigenvalue weighted by atomic mass is 16.1. The van der Waals surface area contributed by atoms with Crippen LogP contribution in [0.4, 0.5) is 0 Å². The second-order valence-electron chi connectivity index (χ2n) is 2.72. The smallest absolute Gasteiger partial charge is 0.303 e. The molecule has 3 aromatic heterocycles. The van der Waals surface area contributed by atoms with Gasteiger partial charge >= 0.3 is 5.69 Å². The van der Waals surface area contributed by atoms with Gasteiger partial charge in [0, 0.05) is 18.6 Å². The highest BCUT2D eigenvalue weighted by Gasteiger charge is 2.01. The van der Waals surface area contributed by atoms with Crippen LogP contribution in [0.15, 0.2) is 23.4 Å². The lowest BCUT2D eigenvalue weighted by Gasteiger charge is -1.90. The number of fused-ring (bicyclic) bond motifs is 2. The maximum absolute atomic E-state index is 10.9. The van der Waals surface area contributed by atoms with Gasteiger partial charge in [0.25, 0.3) is 0 Å². The zero-order valence-electron chi connectivity index (χ0n) is 6.48. The molecule has 0 bridgehead atoms. The van der Waals surface area contributed by atoms with Gasteiger partial charge in [0.15, 0.2) is 5.65 Å². The third kappa shape index (κ3) is 0.792. The molecule has 6 heteroatoms. The monoisotopic (exact) mass is 175 g/mol. The second-order valence-corrected chi connectivity index (χ2v) is 2.72. The minimum Gasteiger partial charge on any atom is -0.303 e. The average Bonchev–Trinajstić information content (AvgIpc) is 2.63. The first-order valence-corrected chi connectivity index (χ1v) is 3.75. The Balaban J connectivity index is 2.62. The molecule has 3 aromatic rings. The lowest BCUT2D eigenvalue weighted by Crippen LogP contribution is -1.99. The van der Waals surface area contributed by atoms with Gasteiger partial charge in [-0.15, -0.1) is 0 Å². The van der Waals surface area contributed by atoms with Crippen molar-refractivity contribution in [2.75, 3.05) is 0 Å². The molecule has 0 saturated carbocycles. The van der Waals surface area contributed by atoms with Crippen molar-refractivity contribution in [1.82, 2.24) is 24.3 Å². The van der Waals surface area contributed by atoms with Crippen molar-refractivity contribution in [2.24, 2.45) is 0 Å². The number of H-pyrrole nitrogens is 2. The molecule has 0 aliphatic carbocycles. The highest BCUT2D eigenvalue weighted by molar-refractivity contribution is 5.70. The Bertz CT molecular complexity index is 580. The lowest BCUT2D eigenvalue weighted by atomic mass is 10.5. The third-order valence-corrected chi connectivity index (χ3v) is 1.86. The molecule has 0 atom stereocenters. The molecule has 0 aliphatic heterocycles. The Hall–Kier alpha value is -2.11. The maximum Gasteiger partial charge on any atom is 0.325 e. The molecule has 0 fully saturated rings. The number of hydrogen-bond acceptors (Lipinski definition) is 3. The number of aromatic amines is 2. The molecule has 2 N–H and O–H groups in total. The fourth-order valence-corrected chi connectivity index (χ4v) is 1.30. The van der Waals surface area contributed by atoms with E-state index in [1.807, 2.05) is 0 Å². The minimum absolute atomic E-state index is 0.254. The molecule has 0 aliphatic rings. The lowest BCUT2D eigenvalue weighted by molar-refractivity contribution is 1.13. The molecule has 0 amide bonds. The quantitative estimate of drug-likeness (QED) is 0.500. The van der Waals surface area contributed by atoms with E-state index in [2.05, 4.69) is 19.9 Å². The molecular weight excluding hydrogens is 170 g/mol. The Morgan fingerprint density at radius 3 is 3.23 bits per heavy atom. The topological polar surface area (TPSA) is 78.8 Å². The fourth-order valence-electron chi connectivity index (χ4n) is 1.30. The SMILES string of the molecule is O=c1[nH]c2cn3ccnc3nc2[nH]1. The molecule has 6 nitrogen and oxygen atoms in total. The summed E-state index contributed by atoms with van der Waals surface area (Å²) < 4.78 is 1.74. The van der Waals surface area contributed by atoms with Crippen LogP contribution in [0, 0.1) is 0 Å². The second kappa shape index (κ2) is 1.98. The van der Waals surface area contributed by atoms with Crippen LogP contribution in [0.25, 0.3) is 16.9 Å². The Kier molecular flexibility index (Phi) is 0.974. The van der Waals surface area contributed by atoms with Gasteiger partial charge < -0.3 is 4.98 Å². The van der Waals surface area contributed by atoms with Crippen molar-refractivity contribution in [3.8, 4) is 0 Å². The number of hydrogen-bond donors (Lipinski definition) is 2. The summed E-state index contributed by atoms with van der Waals surface area (Å²) >= 11 is 0. The average molecular weight is 175 g/mol. The van der Waals surface area contributed by atoms with Gasteiger partial charge in [-0.25, -0.2) is 9.78 Å². The summed E-state index contributed by atoms with van der Waals surface area (Å²) in [4.78, 5) is 24.2. The van der Waals surface area contributed by atoms with Crippen LogP contribution < -0.4 is 5.69 Å². The number of nitrogens with zero attached hydrogens (tertiary/aromatic N) is 3.